The molecule has 3 rings (SSSR count). The second-order valence-corrected chi connectivity index (χ2v) is 5.11. The first-order valence-electron chi connectivity index (χ1n) is 6.58. The second-order valence-electron chi connectivity index (χ2n) is 4.67. The Balaban J connectivity index is 1.84. The molecule has 0 saturated heterocycles. The summed E-state index contributed by atoms with van der Waals surface area (Å²) in [6, 6.07) is 12.8. The summed E-state index contributed by atoms with van der Waals surface area (Å²) < 4.78 is 1.20. The smallest absolute Gasteiger partial charge is 0.349 e. The number of carbonyl (C=O) groups is 1. The molecule has 7 nitrogen and oxygen atoms in total. The number of benzene rings is 2. The minimum absolute atomic E-state index is 0.177. The maximum absolute atomic E-state index is 12.0. The lowest BCUT2D eigenvalue weighted by molar-refractivity contribution is 0.0697. The average Bonchev–Trinajstić information content (AvgIpc) is 2.89. The van der Waals surface area contributed by atoms with Crippen LogP contribution < -0.4 is 11.0 Å². The maximum atomic E-state index is 12.0. The van der Waals surface area contributed by atoms with Crippen LogP contribution in [-0.2, 0) is 0 Å². The second kappa shape index (κ2) is 5.98. The topological polar surface area (TPSA) is 100 Å². The van der Waals surface area contributed by atoms with Gasteiger partial charge in [-0.25, -0.2) is 9.59 Å². The molecular formula is C15H11ClN4O3. The molecule has 0 fully saturated rings. The van der Waals surface area contributed by atoms with E-state index >= 15 is 0 Å². The molecule has 0 saturated carbocycles. The summed E-state index contributed by atoms with van der Waals surface area (Å²) in [4.78, 5) is 25.3. The molecule has 3 aromatic rings. The van der Waals surface area contributed by atoms with Gasteiger partial charge < -0.3 is 10.4 Å². The number of nitrogens with zero attached hydrogens (tertiary/aromatic N) is 2. The lowest BCUT2D eigenvalue weighted by Crippen LogP contribution is -2.15. The first kappa shape index (κ1) is 14.9. The average molecular weight is 331 g/mol. The van der Waals surface area contributed by atoms with Gasteiger partial charge in [-0.1, -0.05) is 11.6 Å². The highest BCUT2D eigenvalue weighted by molar-refractivity contribution is 6.30. The van der Waals surface area contributed by atoms with Gasteiger partial charge in [0, 0.05) is 10.7 Å². The van der Waals surface area contributed by atoms with E-state index in [1.807, 2.05) is 0 Å². The predicted molar refractivity (Wildman–Crippen MR) is 85.9 cm³/mol. The molecule has 0 unspecified atom stereocenters. The fourth-order valence-electron chi connectivity index (χ4n) is 1.97. The normalized spacial score (nSPS) is 10.5. The quantitative estimate of drug-likeness (QED) is 0.683. The lowest BCUT2D eigenvalue weighted by Gasteiger charge is -2.02. The van der Waals surface area contributed by atoms with Crippen LogP contribution in [0.1, 0.15) is 10.4 Å². The van der Waals surface area contributed by atoms with Crippen molar-refractivity contribution in [1.29, 1.82) is 0 Å². The number of H-pyrrole nitrogens is 1. The van der Waals surface area contributed by atoms with Crippen LogP contribution >= 0.6 is 11.6 Å². The predicted octanol–water partition coefficient (Wildman–Crippen LogP) is 2.66. The van der Waals surface area contributed by atoms with E-state index < -0.39 is 11.7 Å². The van der Waals surface area contributed by atoms with Gasteiger partial charge in [0.1, 0.15) is 0 Å². The van der Waals surface area contributed by atoms with Crippen molar-refractivity contribution < 1.29 is 9.90 Å². The number of hydrogen-bond acceptors (Lipinski definition) is 4. The molecule has 0 amide bonds. The summed E-state index contributed by atoms with van der Waals surface area (Å²) in [7, 11) is 0. The number of rotatable bonds is 4. The van der Waals surface area contributed by atoms with Crippen molar-refractivity contribution in [2.24, 2.45) is 0 Å². The van der Waals surface area contributed by atoms with Gasteiger partial charge in [-0.05, 0) is 48.5 Å². The maximum Gasteiger partial charge on any atom is 0.349 e. The molecule has 0 aliphatic rings. The van der Waals surface area contributed by atoms with Crippen LogP contribution in [0.5, 0.6) is 0 Å². The zero-order valence-electron chi connectivity index (χ0n) is 11.7. The van der Waals surface area contributed by atoms with Gasteiger partial charge >= 0.3 is 11.7 Å². The Morgan fingerprint density at radius 2 is 1.78 bits per heavy atom. The molecule has 8 heteroatoms. The summed E-state index contributed by atoms with van der Waals surface area (Å²) in [5.41, 5.74) is 0.949. The highest BCUT2D eigenvalue weighted by atomic mass is 35.5. The summed E-state index contributed by atoms with van der Waals surface area (Å²) >= 11 is 5.82. The van der Waals surface area contributed by atoms with Gasteiger partial charge in [0.15, 0.2) is 0 Å². The van der Waals surface area contributed by atoms with Crippen LogP contribution in [0.25, 0.3) is 5.69 Å². The number of aromatic carboxylic acids is 1. The lowest BCUT2D eigenvalue weighted by atomic mass is 10.2. The zero-order valence-corrected chi connectivity index (χ0v) is 12.4. The molecule has 0 radical (unpaired) electrons. The summed E-state index contributed by atoms with van der Waals surface area (Å²) in [6.45, 7) is 0. The van der Waals surface area contributed by atoms with Crippen LogP contribution in [-0.4, -0.2) is 25.8 Å². The third-order valence-electron chi connectivity index (χ3n) is 3.08. The molecule has 1 aromatic heterocycles. The van der Waals surface area contributed by atoms with Crippen molar-refractivity contribution in [3.8, 4) is 5.69 Å². The monoisotopic (exact) mass is 330 g/mol. The molecule has 3 N–H and O–H groups in total. The molecule has 23 heavy (non-hydrogen) atoms. The van der Waals surface area contributed by atoms with Crippen LogP contribution in [0.4, 0.5) is 11.6 Å². The number of anilines is 2. The molecule has 116 valence electrons. The van der Waals surface area contributed by atoms with Crippen molar-refractivity contribution in [3.05, 3.63) is 69.6 Å². The Kier molecular flexibility index (Phi) is 3.86. The molecule has 0 bridgehead atoms. The first-order chi connectivity index (χ1) is 11.0. The number of carboxylic acids is 1. The molecule has 0 aliphatic heterocycles. The number of aromatic nitrogens is 3. The van der Waals surface area contributed by atoms with Crippen molar-refractivity contribution in [2.75, 3.05) is 5.32 Å². The van der Waals surface area contributed by atoms with E-state index in [1.54, 1.807) is 36.4 Å². The van der Waals surface area contributed by atoms with Crippen LogP contribution in [0.3, 0.4) is 0 Å². The number of aromatic amines is 1. The first-order valence-corrected chi connectivity index (χ1v) is 6.96. The minimum Gasteiger partial charge on any atom is -0.478 e. The van der Waals surface area contributed by atoms with E-state index in [1.165, 1.54) is 16.8 Å². The van der Waals surface area contributed by atoms with E-state index in [9.17, 15) is 9.59 Å². The zero-order chi connectivity index (χ0) is 16.4. The highest BCUT2D eigenvalue weighted by Crippen LogP contribution is 2.15. The van der Waals surface area contributed by atoms with E-state index in [-0.39, 0.29) is 11.5 Å². The highest BCUT2D eigenvalue weighted by Gasteiger charge is 2.08. The Bertz CT molecular complexity index is 898. The molecule has 2 aromatic carbocycles. The fraction of sp³-hybridized carbons (Fsp3) is 0. The number of hydrogen-bond donors (Lipinski definition) is 3. The molecule has 1 heterocycles. The Hall–Kier alpha value is -3.06. The van der Waals surface area contributed by atoms with Crippen molar-refractivity contribution in [3.63, 3.8) is 0 Å². The van der Waals surface area contributed by atoms with Gasteiger partial charge in [-0.2, -0.15) is 4.68 Å². The van der Waals surface area contributed by atoms with Gasteiger partial charge in [-0.3, -0.25) is 4.98 Å². The van der Waals surface area contributed by atoms with E-state index in [0.29, 0.717) is 16.4 Å². The van der Waals surface area contributed by atoms with Crippen molar-refractivity contribution in [2.45, 2.75) is 0 Å². The van der Waals surface area contributed by atoms with E-state index in [0.717, 1.165) is 0 Å². The van der Waals surface area contributed by atoms with Crippen molar-refractivity contribution >= 4 is 29.2 Å². The summed E-state index contributed by atoms with van der Waals surface area (Å²) in [6.07, 6.45) is 0. The van der Waals surface area contributed by atoms with E-state index in [2.05, 4.69) is 15.4 Å². The van der Waals surface area contributed by atoms with Gasteiger partial charge in [0.2, 0.25) is 5.95 Å². The van der Waals surface area contributed by atoms with Crippen LogP contribution in [0.15, 0.2) is 53.3 Å². The van der Waals surface area contributed by atoms with E-state index in [4.69, 9.17) is 16.7 Å². The van der Waals surface area contributed by atoms with Crippen LogP contribution in [0.2, 0.25) is 5.02 Å². The SMILES string of the molecule is O=C(O)c1ccc(Nc2nn(-c3ccc(Cl)cc3)c(=O)[nH]2)cc1. The Morgan fingerprint density at radius 3 is 2.39 bits per heavy atom. The number of carboxylic acid groups (broad SMARTS) is 1. The molecule has 0 aliphatic carbocycles. The summed E-state index contributed by atoms with van der Waals surface area (Å²) in [5, 5.41) is 16.5. The Morgan fingerprint density at radius 1 is 1.13 bits per heavy atom. The van der Waals surface area contributed by atoms with Crippen LogP contribution in [0, 0.1) is 0 Å². The summed E-state index contributed by atoms with van der Waals surface area (Å²) in [5.74, 6) is -0.759. The largest absolute Gasteiger partial charge is 0.478 e. The molecule has 0 spiro atoms. The van der Waals surface area contributed by atoms with Gasteiger partial charge in [-0.15, -0.1) is 5.10 Å². The third kappa shape index (κ3) is 3.24. The fourth-order valence-corrected chi connectivity index (χ4v) is 2.10. The van der Waals surface area contributed by atoms with Gasteiger partial charge in [0.25, 0.3) is 0 Å². The number of nitrogens with one attached hydrogen (secondary N) is 2. The molecular weight excluding hydrogens is 320 g/mol. The minimum atomic E-state index is -1.00. The third-order valence-corrected chi connectivity index (χ3v) is 3.34. The standard InChI is InChI=1S/C15H11ClN4O3/c16-10-3-7-12(8-4-10)20-15(23)18-14(19-20)17-11-5-1-9(2-6-11)13(21)22/h1-8H,(H,21,22)(H2,17,18,19,23). The molecule has 0 atom stereocenters. The Labute approximate surface area is 135 Å². The van der Waals surface area contributed by atoms with Crippen molar-refractivity contribution in [1.82, 2.24) is 14.8 Å². The number of halogens is 1. The van der Waals surface area contributed by atoms with Gasteiger partial charge in [0.05, 0.1) is 11.3 Å².